The van der Waals surface area contributed by atoms with Gasteiger partial charge in [0, 0.05) is 25.3 Å². The molecule has 0 heterocycles. The molecular formula is C9H13F2NO. The van der Waals surface area contributed by atoms with Crippen molar-refractivity contribution in [2.75, 3.05) is 6.54 Å². The lowest BCUT2D eigenvalue weighted by Gasteiger charge is -2.34. The number of carbonyl (C=O) groups is 1. The number of carbonyl (C=O) groups excluding carboxylic acids is 1. The van der Waals surface area contributed by atoms with Crippen LogP contribution in [0.5, 0.6) is 0 Å². The van der Waals surface area contributed by atoms with E-state index in [9.17, 15) is 13.6 Å². The van der Waals surface area contributed by atoms with Gasteiger partial charge in [-0.1, -0.05) is 0 Å². The van der Waals surface area contributed by atoms with Crippen LogP contribution in [0.1, 0.15) is 25.7 Å². The molecule has 0 unspecified atom stereocenters. The van der Waals surface area contributed by atoms with E-state index in [2.05, 4.69) is 5.32 Å². The molecule has 0 aliphatic heterocycles. The molecule has 0 atom stereocenters. The Bertz CT molecular complexity index is 218. The predicted molar refractivity (Wildman–Crippen MR) is 43.4 cm³/mol. The average molecular weight is 189 g/mol. The van der Waals surface area contributed by atoms with Crippen molar-refractivity contribution in [3.05, 3.63) is 0 Å². The summed E-state index contributed by atoms with van der Waals surface area (Å²) < 4.78 is 24.7. The summed E-state index contributed by atoms with van der Waals surface area (Å²) in [5.41, 5.74) is 0. The fourth-order valence-corrected chi connectivity index (χ4v) is 1.66. The van der Waals surface area contributed by atoms with Gasteiger partial charge in [0.15, 0.2) is 0 Å². The molecule has 2 aliphatic rings. The minimum absolute atomic E-state index is 0.00213. The van der Waals surface area contributed by atoms with E-state index in [0.29, 0.717) is 6.54 Å². The molecule has 0 radical (unpaired) electrons. The number of amides is 1. The predicted octanol–water partition coefficient (Wildman–Crippen LogP) is 1.56. The Kier molecular flexibility index (Phi) is 2.00. The molecule has 2 saturated carbocycles. The standard InChI is InChI=1S/C9H13F2NO/c10-9(11)3-6(4-9)5-12-8(13)7-1-2-7/h6-7H,1-5H2,(H,12,13). The zero-order valence-corrected chi connectivity index (χ0v) is 7.35. The van der Waals surface area contributed by atoms with Gasteiger partial charge in [-0.25, -0.2) is 8.78 Å². The summed E-state index contributed by atoms with van der Waals surface area (Å²) in [6.07, 6.45) is 1.81. The lowest BCUT2D eigenvalue weighted by atomic mass is 9.81. The number of rotatable bonds is 3. The van der Waals surface area contributed by atoms with E-state index in [4.69, 9.17) is 0 Å². The highest BCUT2D eigenvalue weighted by molar-refractivity contribution is 5.80. The van der Waals surface area contributed by atoms with Crippen LogP contribution in [0.25, 0.3) is 0 Å². The van der Waals surface area contributed by atoms with Gasteiger partial charge in [-0.3, -0.25) is 4.79 Å². The Labute approximate surface area is 75.7 Å². The molecule has 0 aromatic heterocycles. The lowest BCUT2D eigenvalue weighted by Crippen LogP contribution is -2.42. The summed E-state index contributed by atoms with van der Waals surface area (Å²) in [6, 6.07) is 0. The van der Waals surface area contributed by atoms with Crippen molar-refractivity contribution in [1.29, 1.82) is 0 Å². The van der Waals surface area contributed by atoms with Crippen molar-refractivity contribution in [2.45, 2.75) is 31.6 Å². The molecule has 13 heavy (non-hydrogen) atoms. The third kappa shape index (κ3) is 2.17. The van der Waals surface area contributed by atoms with E-state index in [1.807, 2.05) is 0 Å². The van der Waals surface area contributed by atoms with Gasteiger partial charge in [-0.2, -0.15) is 0 Å². The molecule has 0 spiro atoms. The molecule has 1 N–H and O–H groups in total. The van der Waals surface area contributed by atoms with Gasteiger partial charge in [0.05, 0.1) is 0 Å². The van der Waals surface area contributed by atoms with Crippen LogP contribution in [-0.4, -0.2) is 18.4 Å². The summed E-state index contributed by atoms with van der Waals surface area (Å²) in [5, 5.41) is 2.71. The number of halogens is 2. The SMILES string of the molecule is O=C(NCC1CC(F)(F)C1)C1CC1. The van der Waals surface area contributed by atoms with Crippen LogP contribution in [-0.2, 0) is 4.79 Å². The highest BCUT2D eigenvalue weighted by Crippen LogP contribution is 2.42. The van der Waals surface area contributed by atoms with Gasteiger partial charge in [-0.15, -0.1) is 0 Å². The molecule has 0 aromatic rings. The second-order valence-corrected chi connectivity index (χ2v) is 4.15. The van der Waals surface area contributed by atoms with E-state index in [0.717, 1.165) is 12.8 Å². The van der Waals surface area contributed by atoms with Crippen molar-refractivity contribution >= 4 is 5.91 Å². The van der Waals surface area contributed by atoms with Gasteiger partial charge >= 0.3 is 0 Å². The van der Waals surface area contributed by atoms with Crippen LogP contribution < -0.4 is 5.32 Å². The molecule has 2 nitrogen and oxygen atoms in total. The molecule has 4 heteroatoms. The first kappa shape index (κ1) is 8.91. The van der Waals surface area contributed by atoms with Gasteiger partial charge < -0.3 is 5.32 Å². The number of hydrogen-bond donors (Lipinski definition) is 1. The third-order valence-electron chi connectivity index (χ3n) is 2.69. The Balaban J connectivity index is 1.61. The van der Waals surface area contributed by atoms with Gasteiger partial charge in [-0.05, 0) is 18.8 Å². The number of alkyl halides is 2. The molecule has 2 rings (SSSR count). The molecule has 2 fully saturated rings. The van der Waals surface area contributed by atoms with Gasteiger partial charge in [0.25, 0.3) is 0 Å². The molecular weight excluding hydrogens is 176 g/mol. The maximum absolute atomic E-state index is 12.4. The van der Waals surface area contributed by atoms with E-state index in [-0.39, 0.29) is 30.6 Å². The zero-order valence-electron chi connectivity index (χ0n) is 7.35. The molecule has 0 bridgehead atoms. The van der Waals surface area contributed by atoms with Crippen LogP contribution in [0.15, 0.2) is 0 Å². The summed E-state index contributed by atoms with van der Waals surface area (Å²) >= 11 is 0. The molecule has 0 aromatic carbocycles. The molecule has 74 valence electrons. The second kappa shape index (κ2) is 2.93. The number of nitrogens with one attached hydrogen (secondary N) is 1. The Hall–Kier alpha value is -0.670. The highest BCUT2D eigenvalue weighted by atomic mass is 19.3. The molecule has 1 amide bonds. The third-order valence-corrected chi connectivity index (χ3v) is 2.69. The van der Waals surface area contributed by atoms with Crippen molar-refractivity contribution < 1.29 is 13.6 Å². The first-order chi connectivity index (χ1) is 6.07. The lowest BCUT2D eigenvalue weighted by molar-refractivity contribution is -0.127. The summed E-state index contributed by atoms with van der Waals surface area (Å²) in [6.45, 7) is 0.435. The first-order valence-corrected chi connectivity index (χ1v) is 4.72. The summed E-state index contributed by atoms with van der Waals surface area (Å²) in [4.78, 5) is 11.1. The van der Waals surface area contributed by atoms with E-state index in [1.165, 1.54) is 0 Å². The van der Waals surface area contributed by atoms with E-state index < -0.39 is 5.92 Å². The molecule has 0 saturated heterocycles. The van der Waals surface area contributed by atoms with Crippen LogP contribution >= 0.6 is 0 Å². The fraction of sp³-hybridized carbons (Fsp3) is 0.889. The van der Waals surface area contributed by atoms with Gasteiger partial charge in [0.1, 0.15) is 0 Å². The normalized spacial score (nSPS) is 26.6. The maximum atomic E-state index is 12.4. The summed E-state index contributed by atoms with van der Waals surface area (Å²) in [5.74, 6) is -2.23. The minimum Gasteiger partial charge on any atom is -0.356 e. The Morgan fingerprint density at radius 1 is 1.38 bits per heavy atom. The number of hydrogen-bond acceptors (Lipinski definition) is 1. The average Bonchev–Trinajstić information content (AvgIpc) is 2.77. The quantitative estimate of drug-likeness (QED) is 0.717. The zero-order chi connectivity index (χ0) is 9.47. The van der Waals surface area contributed by atoms with Gasteiger partial charge in [0.2, 0.25) is 11.8 Å². The Morgan fingerprint density at radius 3 is 2.46 bits per heavy atom. The van der Waals surface area contributed by atoms with E-state index in [1.54, 1.807) is 0 Å². The van der Waals surface area contributed by atoms with Crippen molar-refractivity contribution in [3.63, 3.8) is 0 Å². The van der Waals surface area contributed by atoms with Crippen LogP contribution in [0.2, 0.25) is 0 Å². The molecule has 2 aliphatic carbocycles. The van der Waals surface area contributed by atoms with E-state index >= 15 is 0 Å². The van der Waals surface area contributed by atoms with Crippen molar-refractivity contribution in [1.82, 2.24) is 5.32 Å². The highest BCUT2D eigenvalue weighted by Gasteiger charge is 2.45. The Morgan fingerprint density at radius 2 is 2.00 bits per heavy atom. The summed E-state index contributed by atoms with van der Waals surface area (Å²) in [7, 11) is 0. The minimum atomic E-state index is -2.46. The topological polar surface area (TPSA) is 29.1 Å². The van der Waals surface area contributed by atoms with Crippen LogP contribution in [0, 0.1) is 11.8 Å². The second-order valence-electron chi connectivity index (χ2n) is 4.15. The van der Waals surface area contributed by atoms with Crippen molar-refractivity contribution in [2.24, 2.45) is 11.8 Å². The maximum Gasteiger partial charge on any atom is 0.248 e. The smallest absolute Gasteiger partial charge is 0.248 e. The largest absolute Gasteiger partial charge is 0.356 e. The monoisotopic (exact) mass is 189 g/mol. The van der Waals surface area contributed by atoms with Crippen LogP contribution in [0.4, 0.5) is 8.78 Å². The fourth-order valence-electron chi connectivity index (χ4n) is 1.66. The van der Waals surface area contributed by atoms with Crippen LogP contribution in [0.3, 0.4) is 0 Å². The first-order valence-electron chi connectivity index (χ1n) is 4.72. The van der Waals surface area contributed by atoms with Crippen molar-refractivity contribution in [3.8, 4) is 0 Å².